The minimum Gasteiger partial charge on any atom is -0.374 e. The van der Waals surface area contributed by atoms with Gasteiger partial charge in [-0.1, -0.05) is 12.1 Å². The third-order valence-corrected chi connectivity index (χ3v) is 7.76. The molecule has 47 heavy (non-hydrogen) atoms. The lowest BCUT2D eigenvalue weighted by Crippen LogP contribution is -2.36. The molecule has 0 aliphatic carbocycles. The fraction of sp³-hybridized carbons (Fsp3) is 0.371. The first kappa shape index (κ1) is 33.3. The third-order valence-electron chi connectivity index (χ3n) is 7.76. The van der Waals surface area contributed by atoms with Crippen molar-refractivity contribution in [3.63, 3.8) is 0 Å². The van der Waals surface area contributed by atoms with Crippen molar-refractivity contribution in [3.05, 3.63) is 94.9 Å². The zero-order chi connectivity index (χ0) is 33.6. The largest absolute Gasteiger partial charge is 0.374 e. The second-order valence-electron chi connectivity index (χ2n) is 12.1. The number of hydrogen-bond donors (Lipinski definition) is 2. The monoisotopic (exact) mass is 637 g/mol. The Morgan fingerprint density at radius 2 is 1.70 bits per heavy atom. The summed E-state index contributed by atoms with van der Waals surface area (Å²) in [5.74, 6) is 0.949. The molecule has 12 nitrogen and oxygen atoms in total. The predicted molar refractivity (Wildman–Crippen MR) is 186 cm³/mol. The molecule has 0 bridgehead atoms. The predicted octanol–water partition coefficient (Wildman–Crippen LogP) is 5.25. The lowest BCUT2D eigenvalue weighted by molar-refractivity contribution is -0.00759. The van der Waals surface area contributed by atoms with E-state index in [2.05, 4.69) is 44.0 Å². The summed E-state index contributed by atoms with van der Waals surface area (Å²) in [5, 5.41) is 3.63. The Bertz CT molecular complexity index is 1840. The Labute approximate surface area is 274 Å². The minimum absolute atomic E-state index is 0.169. The molecule has 1 aromatic carbocycles. The summed E-state index contributed by atoms with van der Waals surface area (Å²) >= 11 is 0. The van der Waals surface area contributed by atoms with Gasteiger partial charge in [-0.25, -0.2) is 19.3 Å². The lowest BCUT2D eigenvalue weighted by Gasteiger charge is -2.29. The smallest absolute Gasteiger partial charge is 0.332 e. The number of hydrogen-bond acceptors (Lipinski definition) is 9. The maximum absolute atomic E-state index is 13.7. The molecule has 4 heterocycles. The molecule has 0 radical (unpaired) electrons. The molecule has 0 fully saturated rings. The number of fused-ring (bicyclic) bond motifs is 1. The first-order valence-corrected chi connectivity index (χ1v) is 16.0. The van der Waals surface area contributed by atoms with E-state index in [0.717, 1.165) is 18.7 Å². The van der Waals surface area contributed by atoms with Crippen LogP contribution in [0.1, 0.15) is 57.5 Å². The number of pyridine rings is 2. The van der Waals surface area contributed by atoms with Crippen LogP contribution < -0.4 is 20.8 Å². The van der Waals surface area contributed by atoms with Crippen LogP contribution in [0, 0.1) is 0 Å². The highest BCUT2D eigenvalue weighted by molar-refractivity contribution is 6.07. The summed E-state index contributed by atoms with van der Waals surface area (Å²) in [7, 11) is 0. The Hall–Kier alpha value is -5.10. The van der Waals surface area contributed by atoms with Crippen LogP contribution in [0.25, 0.3) is 16.9 Å². The van der Waals surface area contributed by atoms with Crippen LogP contribution in [0.2, 0.25) is 0 Å². The number of nitrogens with one attached hydrogen (secondary N) is 2. The maximum atomic E-state index is 13.7. The average Bonchev–Trinajstić information content (AvgIpc) is 3.41. The van der Waals surface area contributed by atoms with E-state index >= 15 is 0 Å². The van der Waals surface area contributed by atoms with Crippen molar-refractivity contribution in [1.82, 2.24) is 29.5 Å². The zero-order valence-electron chi connectivity index (χ0n) is 27.9. The van der Waals surface area contributed by atoms with Gasteiger partial charge in [0.1, 0.15) is 5.69 Å². The second-order valence-corrected chi connectivity index (χ2v) is 12.1. The summed E-state index contributed by atoms with van der Waals surface area (Å²) < 4.78 is 7.85. The summed E-state index contributed by atoms with van der Waals surface area (Å²) in [6, 6.07) is 14.7. The first-order chi connectivity index (χ1) is 22.6. The highest BCUT2D eigenvalue weighted by Crippen LogP contribution is 2.29. The van der Waals surface area contributed by atoms with Gasteiger partial charge in [0.25, 0.3) is 5.91 Å². The second kappa shape index (κ2) is 14.5. The molecule has 0 aliphatic rings. The fourth-order valence-corrected chi connectivity index (χ4v) is 5.34. The Kier molecular flexibility index (Phi) is 10.3. The number of ether oxygens (including phenoxy) is 1. The Morgan fingerprint density at radius 1 is 0.979 bits per heavy atom. The van der Waals surface area contributed by atoms with Gasteiger partial charge in [0, 0.05) is 43.8 Å². The number of benzene rings is 1. The van der Waals surface area contributed by atoms with E-state index in [9.17, 15) is 9.59 Å². The molecule has 5 aromatic rings. The molecule has 1 amide bonds. The summed E-state index contributed by atoms with van der Waals surface area (Å²) in [6.45, 7) is 14.4. The van der Waals surface area contributed by atoms with Crippen LogP contribution in [-0.2, 0) is 11.2 Å². The van der Waals surface area contributed by atoms with Crippen LogP contribution in [-0.4, -0.2) is 73.3 Å². The molecular weight excluding hydrogens is 594 g/mol. The third kappa shape index (κ3) is 7.83. The van der Waals surface area contributed by atoms with E-state index in [0.29, 0.717) is 59.4 Å². The van der Waals surface area contributed by atoms with Gasteiger partial charge in [-0.2, -0.15) is 4.98 Å². The van der Waals surface area contributed by atoms with Gasteiger partial charge in [0.2, 0.25) is 5.95 Å². The van der Waals surface area contributed by atoms with E-state index in [1.54, 1.807) is 52.5 Å². The highest BCUT2D eigenvalue weighted by atomic mass is 16.5. The van der Waals surface area contributed by atoms with Gasteiger partial charge in [-0.15, -0.1) is 0 Å². The number of aromatic nitrogens is 6. The number of carbonyl (C=O) groups excluding carboxylic acids is 1. The van der Waals surface area contributed by atoms with Crippen LogP contribution >= 0.6 is 0 Å². The van der Waals surface area contributed by atoms with Crippen molar-refractivity contribution in [3.8, 4) is 5.69 Å². The quantitative estimate of drug-likeness (QED) is 0.178. The average molecular weight is 638 g/mol. The molecule has 2 N–H and O–H groups in total. The molecular formula is C35H43N9O3. The van der Waals surface area contributed by atoms with E-state index in [4.69, 9.17) is 9.72 Å². The number of amides is 1. The number of rotatable bonds is 13. The topological polar surface area (TPSA) is 134 Å². The van der Waals surface area contributed by atoms with Gasteiger partial charge in [-0.05, 0) is 89.9 Å². The fourth-order valence-electron chi connectivity index (χ4n) is 5.34. The van der Waals surface area contributed by atoms with Crippen molar-refractivity contribution >= 4 is 34.5 Å². The van der Waals surface area contributed by atoms with Crippen molar-refractivity contribution in [1.29, 1.82) is 0 Å². The van der Waals surface area contributed by atoms with Crippen molar-refractivity contribution in [2.45, 2.75) is 59.6 Å². The molecule has 0 aliphatic heterocycles. The van der Waals surface area contributed by atoms with Crippen molar-refractivity contribution in [2.24, 2.45) is 0 Å². The van der Waals surface area contributed by atoms with Crippen molar-refractivity contribution in [2.75, 3.05) is 41.4 Å². The molecule has 0 spiro atoms. The van der Waals surface area contributed by atoms with Crippen LogP contribution in [0.4, 0.5) is 17.5 Å². The number of nitrogens with zero attached hydrogens (tertiary/aromatic N) is 7. The normalized spacial score (nSPS) is 12.2. The van der Waals surface area contributed by atoms with E-state index in [-0.39, 0.29) is 23.2 Å². The SMILES string of the molecule is CCN(CC)c1ncc(N(CC)C(=O)c2ccncc2)c(N[C@H](COC(C)(C)C)Cc2ccc(-n3c(=O)[nH]c4cccnc43)cc2)n1. The summed E-state index contributed by atoms with van der Waals surface area (Å²) in [4.78, 5) is 51.1. The molecule has 0 saturated carbocycles. The van der Waals surface area contributed by atoms with E-state index in [1.165, 1.54) is 0 Å². The van der Waals surface area contributed by atoms with Gasteiger partial charge < -0.3 is 24.8 Å². The Balaban J connectivity index is 1.49. The number of carbonyl (C=O) groups is 1. The van der Waals surface area contributed by atoms with Gasteiger partial charge in [0.15, 0.2) is 11.5 Å². The first-order valence-electron chi connectivity index (χ1n) is 16.0. The standard InChI is InChI=1S/C35H43N9O3/c1-7-42(8-2)33-38-22-29(43(9-3)32(45)25-16-19-36-20-17-25)30(41-33)39-26(23-47-35(4,5)6)21-24-12-14-27(15-13-24)44-31-28(40-34(44)46)11-10-18-37-31/h10-20,22,26H,7-9,21,23H2,1-6H3,(H,40,46)(H,38,39,41)/t26-/m0/s1. The van der Waals surface area contributed by atoms with Crippen molar-refractivity contribution < 1.29 is 9.53 Å². The maximum Gasteiger partial charge on any atom is 0.332 e. The minimum atomic E-state index is -0.374. The molecule has 1 atom stereocenters. The van der Waals surface area contributed by atoms with Crippen LogP contribution in [0.15, 0.2) is 78.1 Å². The van der Waals surface area contributed by atoms with E-state index < -0.39 is 0 Å². The van der Waals surface area contributed by atoms with Gasteiger partial charge in [0.05, 0.1) is 35.7 Å². The number of H-pyrrole nitrogens is 1. The van der Waals surface area contributed by atoms with Gasteiger partial charge in [-0.3, -0.25) is 9.78 Å². The zero-order valence-corrected chi connectivity index (χ0v) is 27.9. The van der Waals surface area contributed by atoms with Crippen LogP contribution in [0.5, 0.6) is 0 Å². The molecule has 0 saturated heterocycles. The summed E-state index contributed by atoms with van der Waals surface area (Å²) in [5.41, 5.74) is 3.49. The summed E-state index contributed by atoms with van der Waals surface area (Å²) in [6.07, 6.45) is 7.19. The lowest BCUT2D eigenvalue weighted by atomic mass is 10.1. The molecule has 4 aromatic heterocycles. The molecule has 5 rings (SSSR count). The van der Waals surface area contributed by atoms with E-state index in [1.807, 2.05) is 58.0 Å². The number of imidazole rings is 1. The number of anilines is 3. The Morgan fingerprint density at radius 3 is 2.36 bits per heavy atom. The highest BCUT2D eigenvalue weighted by Gasteiger charge is 2.25. The number of aromatic amines is 1. The molecule has 12 heteroatoms. The molecule has 246 valence electrons. The van der Waals surface area contributed by atoms with Crippen LogP contribution in [0.3, 0.4) is 0 Å². The van der Waals surface area contributed by atoms with Gasteiger partial charge >= 0.3 is 5.69 Å². The molecule has 0 unspecified atom stereocenters.